The standard InChI is InChI=1S/C26H27ClN2O4/c1-2-15-28(26(31)20-33-23-12-10-22(27)11-13-23)19-25(30)29(18-24-9-6-17-32-24)16-14-21-7-4-3-5-8-21/h2-13,17H,1,14-16,18-20H2. The number of benzene rings is 2. The van der Waals surface area contributed by atoms with Crippen molar-refractivity contribution >= 4 is 23.4 Å². The van der Waals surface area contributed by atoms with Gasteiger partial charge < -0.3 is 19.0 Å². The Labute approximate surface area is 199 Å². The predicted octanol–water partition coefficient (Wildman–Crippen LogP) is 4.60. The summed E-state index contributed by atoms with van der Waals surface area (Å²) in [6, 6.07) is 20.3. The number of nitrogens with zero attached hydrogens (tertiary/aromatic N) is 2. The molecule has 1 aromatic heterocycles. The van der Waals surface area contributed by atoms with E-state index in [9.17, 15) is 9.59 Å². The van der Waals surface area contributed by atoms with Crippen LogP contribution in [0, 0.1) is 0 Å². The van der Waals surface area contributed by atoms with Crippen LogP contribution in [0.25, 0.3) is 0 Å². The number of hydrogen-bond acceptors (Lipinski definition) is 4. The van der Waals surface area contributed by atoms with Crippen molar-refractivity contribution in [2.75, 3.05) is 26.2 Å². The number of amides is 2. The molecule has 0 saturated heterocycles. The molecule has 0 aliphatic rings. The smallest absolute Gasteiger partial charge is 0.261 e. The first-order valence-electron chi connectivity index (χ1n) is 10.7. The highest BCUT2D eigenvalue weighted by Crippen LogP contribution is 2.15. The molecule has 7 heteroatoms. The van der Waals surface area contributed by atoms with E-state index in [0.29, 0.717) is 36.0 Å². The number of rotatable bonds is 12. The Morgan fingerprint density at radius 3 is 2.39 bits per heavy atom. The maximum Gasteiger partial charge on any atom is 0.261 e. The lowest BCUT2D eigenvalue weighted by Gasteiger charge is -2.26. The molecule has 0 N–H and O–H groups in total. The largest absolute Gasteiger partial charge is 0.484 e. The monoisotopic (exact) mass is 466 g/mol. The van der Waals surface area contributed by atoms with Gasteiger partial charge in [0.25, 0.3) is 5.91 Å². The van der Waals surface area contributed by atoms with E-state index in [2.05, 4.69) is 6.58 Å². The quantitative estimate of drug-likeness (QED) is 0.366. The van der Waals surface area contributed by atoms with Crippen molar-refractivity contribution < 1.29 is 18.7 Å². The highest BCUT2D eigenvalue weighted by atomic mass is 35.5. The zero-order valence-electron chi connectivity index (χ0n) is 18.4. The lowest BCUT2D eigenvalue weighted by molar-refractivity contribution is -0.141. The van der Waals surface area contributed by atoms with E-state index in [1.807, 2.05) is 36.4 Å². The van der Waals surface area contributed by atoms with Gasteiger partial charge in [-0.15, -0.1) is 6.58 Å². The Kier molecular flexibility index (Phi) is 9.15. The summed E-state index contributed by atoms with van der Waals surface area (Å²) in [5, 5.41) is 0.583. The van der Waals surface area contributed by atoms with E-state index in [1.165, 1.54) is 4.90 Å². The van der Waals surface area contributed by atoms with Crippen LogP contribution in [0.4, 0.5) is 0 Å². The fourth-order valence-electron chi connectivity index (χ4n) is 3.23. The molecule has 0 atom stereocenters. The van der Waals surface area contributed by atoms with Gasteiger partial charge in [0.15, 0.2) is 6.61 Å². The zero-order valence-corrected chi connectivity index (χ0v) is 19.1. The summed E-state index contributed by atoms with van der Waals surface area (Å²) < 4.78 is 11.0. The molecule has 0 spiro atoms. The summed E-state index contributed by atoms with van der Waals surface area (Å²) in [7, 11) is 0. The summed E-state index contributed by atoms with van der Waals surface area (Å²) in [6.45, 7) is 4.51. The Morgan fingerprint density at radius 2 is 1.73 bits per heavy atom. The Hall–Kier alpha value is -3.51. The van der Waals surface area contributed by atoms with Gasteiger partial charge in [0.05, 0.1) is 12.8 Å². The molecule has 172 valence electrons. The zero-order chi connectivity index (χ0) is 23.5. The van der Waals surface area contributed by atoms with Gasteiger partial charge in [-0.1, -0.05) is 48.0 Å². The summed E-state index contributed by atoms with van der Waals surface area (Å²) in [6.07, 6.45) is 3.87. The minimum Gasteiger partial charge on any atom is -0.484 e. The van der Waals surface area contributed by atoms with Crippen molar-refractivity contribution in [2.45, 2.75) is 13.0 Å². The van der Waals surface area contributed by atoms with Crippen molar-refractivity contribution in [2.24, 2.45) is 0 Å². The number of halogens is 1. The summed E-state index contributed by atoms with van der Waals surface area (Å²) >= 11 is 5.88. The van der Waals surface area contributed by atoms with E-state index >= 15 is 0 Å². The van der Waals surface area contributed by atoms with Gasteiger partial charge in [0.1, 0.15) is 18.1 Å². The van der Waals surface area contributed by atoms with Gasteiger partial charge in [-0.25, -0.2) is 0 Å². The summed E-state index contributed by atoms with van der Waals surface area (Å²) in [5.74, 6) is 0.729. The van der Waals surface area contributed by atoms with Crippen molar-refractivity contribution in [3.8, 4) is 5.75 Å². The Balaban J connectivity index is 1.63. The normalized spacial score (nSPS) is 10.5. The minimum atomic E-state index is -0.306. The maximum absolute atomic E-state index is 13.2. The summed E-state index contributed by atoms with van der Waals surface area (Å²) in [4.78, 5) is 29.1. The average molecular weight is 467 g/mol. The Bertz CT molecular complexity index is 1020. The average Bonchev–Trinajstić information content (AvgIpc) is 3.34. The van der Waals surface area contributed by atoms with Gasteiger partial charge >= 0.3 is 0 Å². The molecular weight excluding hydrogens is 440 g/mol. The molecule has 2 amide bonds. The lowest BCUT2D eigenvalue weighted by Crippen LogP contribution is -2.44. The second-order valence-electron chi connectivity index (χ2n) is 7.44. The fourth-order valence-corrected chi connectivity index (χ4v) is 3.36. The van der Waals surface area contributed by atoms with Crippen LogP contribution in [-0.2, 0) is 22.6 Å². The van der Waals surface area contributed by atoms with Crippen LogP contribution in [0.5, 0.6) is 5.75 Å². The second kappa shape index (κ2) is 12.5. The first kappa shape index (κ1) is 24.1. The first-order valence-corrected chi connectivity index (χ1v) is 11.0. The third-order valence-electron chi connectivity index (χ3n) is 5.00. The molecule has 0 radical (unpaired) electrons. The molecule has 1 heterocycles. The second-order valence-corrected chi connectivity index (χ2v) is 7.87. The predicted molar refractivity (Wildman–Crippen MR) is 128 cm³/mol. The highest BCUT2D eigenvalue weighted by molar-refractivity contribution is 6.30. The Morgan fingerprint density at radius 1 is 0.970 bits per heavy atom. The molecule has 0 fully saturated rings. The molecule has 2 aromatic carbocycles. The topological polar surface area (TPSA) is 63.0 Å². The van der Waals surface area contributed by atoms with E-state index in [1.54, 1.807) is 47.6 Å². The third-order valence-corrected chi connectivity index (χ3v) is 5.25. The summed E-state index contributed by atoms with van der Waals surface area (Å²) in [5.41, 5.74) is 1.13. The van der Waals surface area contributed by atoms with Crippen LogP contribution in [-0.4, -0.2) is 47.9 Å². The maximum atomic E-state index is 13.2. The number of furan rings is 1. The number of ether oxygens (including phenoxy) is 1. The van der Waals surface area contributed by atoms with Crippen LogP contribution in [0.2, 0.25) is 5.02 Å². The first-order chi connectivity index (χ1) is 16.0. The molecule has 3 aromatic rings. The fraction of sp³-hybridized carbons (Fsp3) is 0.231. The lowest BCUT2D eigenvalue weighted by atomic mass is 10.1. The molecule has 0 saturated carbocycles. The molecule has 3 rings (SSSR count). The van der Waals surface area contributed by atoms with Gasteiger partial charge in [-0.05, 0) is 48.4 Å². The van der Waals surface area contributed by atoms with E-state index < -0.39 is 0 Å². The third kappa shape index (κ3) is 7.84. The molecule has 33 heavy (non-hydrogen) atoms. The van der Waals surface area contributed by atoms with Crippen molar-refractivity contribution in [1.82, 2.24) is 9.80 Å². The molecule has 0 aliphatic heterocycles. The number of carbonyl (C=O) groups is 2. The van der Waals surface area contributed by atoms with E-state index in [-0.39, 0.29) is 31.5 Å². The van der Waals surface area contributed by atoms with E-state index in [0.717, 1.165) is 5.56 Å². The van der Waals surface area contributed by atoms with Crippen LogP contribution in [0.15, 0.2) is 90.1 Å². The number of hydrogen-bond donors (Lipinski definition) is 0. The van der Waals surface area contributed by atoms with Crippen molar-refractivity contribution in [3.63, 3.8) is 0 Å². The number of carbonyl (C=O) groups excluding carboxylic acids is 2. The SMILES string of the molecule is C=CCN(CC(=O)N(CCc1ccccc1)Cc1ccco1)C(=O)COc1ccc(Cl)cc1. The van der Waals surface area contributed by atoms with E-state index in [4.69, 9.17) is 20.8 Å². The van der Waals surface area contributed by atoms with Crippen LogP contribution in [0.3, 0.4) is 0 Å². The van der Waals surface area contributed by atoms with Crippen LogP contribution >= 0.6 is 11.6 Å². The van der Waals surface area contributed by atoms with Gasteiger partial charge in [0.2, 0.25) is 5.91 Å². The van der Waals surface area contributed by atoms with Gasteiger partial charge in [-0.2, -0.15) is 0 Å². The molecular formula is C26H27ClN2O4. The van der Waals surface area contributed by atoms with Crippen molar-refractivity contribution in [1.29, 1.82) is 0 Å². The van der Waals surface area contributed by atoms with Gasteiger partial charge in [0, 0.05) is 18.1 Å². The molecule has 0 unspecified atom stereocenters. The molecule has 0 aliphatic carbocycles. The highest BCUT2D eigenvalue weighted by Gasteiger charge is 2.22. The van der Waals surface area contributed by atoms with Gasteiger partial charge in [-0.3, -0.25) is 9.59 Å². The molecule has 6 nitrogen and oxygen atoms in total. The van der Waals surface area contributed by atoms with Crippen molar-refractivity contribution in [3.05, 3.63) is 102 Å². The minimum absolute atomic E-state index is 0.0790. The van der Waals surface area contributed by atoms with Crippen LogP contribution in [0.1, 0.15) is 11.3 Å². The molecule has 0 bridgehead atoms. The van der Waals surface area contributed by atoms with Crippen LogP contribution < -0.4 is 4.74 Å².